The van der Waals surface area contributed by atoms with E-state index in [1.807, 2.05) is 73.7 Å². The molecule has 0 aliphatic carbocycles. The fraction of sp³-hybridized carbons (Fsp3) is 0.130. The summed E-state index contributed by atoms with van der Waals surface area (Å²) in [5.74, 6) is -1.22. The molecule has 0 fully saturated rings. The van der Waals surface area contributed by atoms with E-state index in [2.05, 4.69) is 0 Å². The van der Waals surface area contributed by atoms with Gasteiger partial charge in [0.05, 0.1) is 5.92 Å². The molecule has 2 nitrogen and oxygen atoms in total. The largest absolute Gasteiger partial charge is 0.293 e. The number of carbonyl (C=O) groups excluding carboxylic acids is 2. The summed E-state index contributed by atoms with van der Waals surface area (Å²) in [5.41, 5.74) is 2.13. The van der Waals surface area contributed by atoms with Crippen LogP contribution in [0.5, 0.6) is 0 Å². The highest BCUT2D eigenvalue weighted by Crippen LogP contribution is 2.30. The van der Waals surface area contributed by atoms with Crippen LogP contribution in [0.1, 0.15) is 39.1 Å². The fourth-order valence-corrected chi connectivity index (χ4v) is 3.09. The molecule has 0 N–H and O–H groups in total. The Balaban J connectivity index is 2.02. The first-order valence-corrected chi connectivity index (χ1v) is 8.42. The lowest BCUT2D eigenvalue weighted by Gasteiger charge is -2.22. The Morgan fingerprint density at radius 2 is 0.960 bits per heavy atom. The summed E-state index contributed by atoms with van der Waals surface area (Å²) >= 11 is 0. The summed E-state index contributed by atoms with van der Waals surface area (Å²) < 4.78 is 0. The van der Waals surface area contributed by atoms with Gasteiger partial charge in [-0.1, -0.05) is 97.9 Å². The van der Waals surface area contributed by atoms with E-state index in [4.69, 9.17) is 0 Å². The van der Waals surface area contributed by atoms with Crippen LogP contribution < -0.4 is 0 Å². The van der Waals surface area contributed by atoms with E-state index in [0.717, 1.165) is 5.56 Å². The first-order chi connectivity index (χ1) is 12.2. The zero-order valence-corrected chi connectivity index (χ0v) is 14.1. The highest BCUT2D eigenvalue weighted by atomic mass is 16.2. The van der Waals surface area contributed by atoms with Gasteiger partial charge in [-0.2, -0.15) is 0 Å². The van der Waals surface area contributed by atoms with Gasteiger partial charge in [0.2, 0.25) is 0 Å². The van der Waals surface area contributed by atoms with Gasteiger partial charge in [0, 0.05) is 11.1 Å². The summed E-state index contributed by atoms with van der Waals surface area (Å²) in [6.45, 7) is 1.95. The maximum Gasteiger partial charge on any atom is 0.174 e. The predicted octanol–water partition coefficient (Wildman–Crippen LogP) is 5.17. The van der Waals surface area contributed by atoms with Gasteiger partial charge in [0.25, 0.3) is 0 Å². The molecule has 1 atom stereocenters. The van der Waals surface area contributed by atoms with Crippen molar-refractivity contribution in [1.29, 1.82) is 0 Å². The van der Waals surface area contributed by atoms with Gasteiger partial charge in [-0.15, -0.1) is 0 Å². The number of hydrogen-bond donors (Lipinski definition) is 0. The lowest BCUT2D eigenvalue weighted by molar-refractivity contribution is 0.0787. The van der Waals surface area contributed by atoms with Gasteiger partial charge in [-0.25, -0.2) is 0 Å². The monoisotopic (exact) mass is 328 g/mol. The second kappa shape index (κ2) is 7.71. The predicted molar refractivity (Wildman–Crippen MR) is 99.9 cm³/mol. The number of hydrogen-bond acceptors (Lipinski definition) is 2. The summed E-state index contributed by atoms with van der Waals surface area (Å²) in [4.78, 5) is 26.3. The van der Waals surface area contributed by atoms with Gasteiger partial charge in [0.15, 0.2) is 11.6 Å². The van der Waals surface area contributed by atoms with Gasteiger partial charge in [0.1, 0.15) is 0 Å². The third-order valence-corrected chi connectivity index (χ3v) is 4.51. The van der Waals surface area contributed by atoms with Crippen LogP contribution >= 0.6 is 0 Å². The second-order valence-electron chi connectivity index (χ2n) is 6.14. The molecule has 0 amide bonds. The van der Waals surface area contributed by atoms with Crippen molar-refractivity contribution in [3.05, 3.63) is 108 Å². The number of benzene rings is 3. The van der Waals surface area contributed by atoms with Gasteiger partial charge < -0.3 is 0 Å². The first kappa shape index (κ1) is 16.8. The third-order valence-electron chi connectivity index (χ3n) is 4.51. The Bertz CT molecular complexity index is 788. The molecular formula is C23H20O2. The van der Waals surface area contributed by atoms with Crippen LogP contribution in [0.3, 0.4) is 0 Å². The van der Waals surface area contributed by atoms with Gasteiger partial charge >= 0.3 is 0 Å². The molecule has 124 valence electrons. The molecule has 0 unspecified atom stereocenters. The second-order valence-corrected chi connectivity index (χ2v) is 6.14. The molecule has 0 saturated carbocycles. The van der Waals surface area contributed by atoms with Crippen LogP contribution in [0.15, 0.2) is 91.0 Å². The molecule has 0 bridgehead atoms. The van der Waals surface area contributed by atoms with E-state index < -0.39 is 5.92 Å². The first-order valence-electron chi connectivity index (χ1n) is 8.42. The molecule has 0 aliphatic heterocycles. The van der Waals surface area contributed by atoms with Crippen molar-refractivity contribution in [1.82, 2.24) is 0 Å². The summed E-state index contributed by atoms with van der Waals surface area (Å²) in [5, 5.41) is 0. The van der Waals surface area contributed by atoms with Crippen LogP contribution in [0.25, 0.3) is 0 Å². The average molecular weight is 328 g/mol. The van der Waals surface area contributed by atoms with Crippen LogP contribution in [0.4, 0.5) is 0 Å². The van der Waals surface area contributed by atoms with E-state index in [-0.39, 0.29) is 17.5 Å². The highest BCUT2D eigenvalue weighted by Gasteiger charge is 2.34. The van der Waals surface area contributed by atoms with Crippen molar-refractivity contribution in [2.75, 3.05) is 0 Å². The number of carbonyl (C=O) groups is 2. The fourth-order valence-electron chi connectivity index (χ4n) is 3.09. The number of rotatable bonds is 6. The minimum absolute atomic E-state index is 0.134. The molecule has 3 rings (SSSR count). The van der Waals surface area contributed by atoms with E-state index in [0.29, 0.717) is 11.1 Å². The summed E-state index contributed by atoms with van der Waals surface area (Å²) in [6, 6.07) is 27.8. The molecule has 0 aliphatic rings. The van der Waals surface area contributed by atoms with Crippen molar-refractivity contribution >= 4 is 11.6 Å². The topological polar surface area (TPSA) is 34.1 Å². The smallest absolute Gasteiger partial charge is 0.174 e. The van der Waals surface area contributed by atoms with Gasteiger partial charge in [-0.3, -0.25) is 9.59 Å². The molecular weight excluding hydrogens is 308 g/mol. The highest BCUT2D eigenvalue weighted by molar-refractivity contribution is 6.16. The average Bonchev–Trinajstić information content (AvgIpc) is 2.70. The van der Waals surface area contributed by atoms with Crippen LogP contribution in [0, 0.1) is 5.92 Å². The number of ketones is 2. The molecule has 0 aromatic heterocycles. The molecule has 0 heterocycles. The molecule has 2 heteroatoms. The molecule has 0 radical (unpaired) electrons. The van der Waals surface area contributed by atoms with Crippen LogP contribution in [-0.2, 0) is 0 Å². The Morgan fingerprint density at radius 1 is 0.600 bits per heavy atom. The summed E-state index contributed by atoms with van der Waals surface area (Å²) in [7, 11) is 0. The third kappa shape index (κ3) is 3.74. The SMILES string of the molecule is C[C@H](c1ccccc1)C(C(=O)c1ccccc1)C(=O)c1ccccc1. The zero-order valence-electron chi connectivity index (χ0n) is 14.1. The minimum Gasteiger partial charge on any atom is -0.293 e. The summed E-state index contributed by atoms with van der Waals surface area (Å²) in [6.07, 6.45) is 0. The standard InChI is InChI=1S/C23H20O2/c1-17(18-11-5-2-6-12-18)21(22(24)19-13-7-3-8-14-19)23(25)20-15-9-4-10-16-20/h2-17,21H,1H3/t17-/m1/s1. The maximum absolute atomic E-state index is 13.2. The Labute approximate surface area is 148 Å². The molecule has 0 saturated heterocycles. The molecule has 3 aromatic carbocycles. The van der Waals surface area contributed by atoms with E-state index in [1.54, 1.807) is 24.3 Å². The normalized spacial score (nSPS) is 11.9. The van der Waals surface area contributed by atoms with Crippen molar-refractivity contribution < 1.29 is 9.59 Å². The van der Waals surface area contributed by atoms with Crippen LogP contribution in [0.2, 0.25) is 0 Å². The van der Waals surface area contributed by atoms with E-state index in [1.165, 1.54) is 0 Å². The maximum atomic E-state index is 13.2. The Kier molecular flexibility index (Phi) is 5.20. The van der Waals surface area contributed by atoms with Gasteiger partial charge in [-0.05, 0) is 11.5 Å². The number of Topliss-reactive ketones (excluding diaryl/α,β-unsaturated/α-hetero) is 2. The van der Waals surface area contributed by atoms with Crippen molar-refractivity contribution in [2.45, 2.75) is 12.8 Å². The van der Waals surface area contributed by atoms with E-state index in [9.17, 15) is 9.59 Å². The van der Waals surface area contributed by atoms with Crippen molar-refractivity contribution in [3.63, 3.8) is 0 Å². The van der Waals surface area contributed by atoms with Crippen molar-refractivity contribution in [3.8, 4) is 0 Å². The Hall–Kier alpha value is -3.00. The quantitative estimate of drug-likeness (QED) is 0.462. The molecule has 3 aromatic rings. The molecule has 0 spiro atoms. The lowest BCUT2D eigenvalue weighted by Crippen LogP contribution is -2.29. The molecule has 25 heavy (non-hydrogen) atoms. The van der Waals surface area contributed by atoms with E-state index >= 15 is 0 Å². The Morgan fingerprint density at radius 3 is 1.36 bits per heavy atom. The van der Waals surface area contributed by atoms with Crippen molar-refractivity contribution in [2.24, 2.45) is 5.92 Å². The zero-order chi connectivity index (χ0) is 17.6. The van der Waals surface area contributed by atoms with Crippen LogP contribution in [-0.4, -0.2) is 11.6 Å². The lowest BCUT2D eigenvalue weighted by atomic mass is 9.78. The minimum atomic E-state index is -0.743.